The summed E-state index contributed by atoms with van der Waals surface area (Å²) in [5, 5.41) is 0. The fraction of sp³-hybridized carbons (Fsp3) is 0.833. The van der Waals surface area contributed by atoms with Crippen molar-refractivity contribution < 1.29 is 0 Å². The minimum Gasteiger partial charge on any atom is -0.365 e. The molecular formula is C12H24N2. The lowest BCUT2D eigenvalue weighted by atomic mass is 10.1. The van der Waals surface area contributed by atoms with Crippen LogP contribution >= 0.6 is 0 Å². The van der Waals surface area contributed by atoms with Crippen LogP contribution in [0.3, 0.4) is 0 Å². The van der Waals surface area contributed by atoms with Crippen molar-refractivity contribution in [1.29, 1.82) is 0 Å². The van der Waals surface area contributed by atoms with Crippen molar-refractivity contribution in [1.82, 2.24) is 9.80 Å². The fourth-order valence-corrected chi connectivity index (χ4v) is 1.88. The number of hydrogen-bond donors (Lipinski definition) is 0. The molecule has 1 aliphatic heterocycles. The predicted octanol–water partition coefficient (Wildman–Crippen LogP) is 2.68. The molecule has 0 saturated carbocycles. The van der Waals surface area contributed by atoms with Gasteiger partial charge >= 0.3 is 0 Å². The van der Waals surface area contributed by atoms with Gasteiger partial charge in [0.15, 0.2) is 0 Å². The van der Waals surface area contributed by atoms with Crippen LogP contribution in [0, 0.1) is 0 Å². The van der Waals surface area contributed by atoms with Crippen LogP contribution in [-0.4, -0.2) is 36.1 Å². The zero-order valence-corrected chi connectivity index (χ0v) is 9.92. The molecule has 1 aliphatic rings. The Morgan fingerprint density at radius 3 is 2.57 bits per heavy atom. The second-order valence-corrected chi connectivity index (χ2v) is 4.08. The van der Waals surface area contributed by atoms with Gasteiger partial charge in [0.2, 0.25) is 0 Å². The van der Waals surface area contributed by atoms with E-state index in [9.17, 15) is 0 Å². The van der Waals surface area contributed by atoms with Crippen molar-refractivity contribution >= 4 is 0 Å². The van der Waals surface area contributed by atoms with Gasteiger partial charge in [-0.3, -0.25) is 4.90 Å². The van der Waals surface area contributed by atoms with Crippen LogP contribution in [0.4, 0.5) is 0 Å². The van der Waals surface area contributed by atoms with Crippen LogP contribution in [-0.2, 0) is 0 Å². The number of nitrogens with zero attached hydrogens (tertiary/aromatic N) is 2. The zero-order valence-electron chi connectivity index (χ0n) is 9.92. The molecule has 0 saturated heterocycles. The SMILES string of the molecule is CCCCC1=CN(CC)CN(CC)C1. The van der Waals surface area contributed by atoms with E-state index in [1.165, 1.54) is 32.4 Å². The fourth-order valence-electron chi connectivity index (χ4n) is 1.88. The highest BCUT2D eigenvalue weighted by Gasteiger charge is 2.14. The maximum absolute atomic E-state index is 2.51. The van der Waals surface area contributed by atoms with E-state index in [1.54, 1.807) is 5.57 Å². The van der Waals surface area contributed by atoms with Crippen molar-refractivity contribution in [2.45, 2.75) is 40.0 Å². The zero-order chi connectivity index (χ0) is 10.4. The van der Waals surface area contributed by atoms with Crippen molar-refractivity contribution in [3.05, 3.63) is 11.8 Å². The molecule has 0 aromatic rings. The Kier molecular flexibility index (Phi) is 5.02. The average molecular weight is 196 g/mol. The van der Waals surface area contributed by atoms with Crippen molar-refractivity contribution in [3.63, 3.8) is 0 Å². The van der Waals surface area contributed by atoms with Gasteiger partial charge in [-0.1, -0.05) is 20.3 Å². The minimum atomic E-state index is 1.11. The molecule has 0 aromatic heterocycles. The van der Waals surface area contributed by atoms with Crippen LogP contribution in [0.2, 0.25) is 0 Å². The molecule has 0 bridgehead atoms. The van der Waals surface area contributed by atoms with E-state index in [0.29, 0.717) is 0 Å². The largest absolute Gasteiger partial charge is 0.365 e. The maximum atomic E-state index is 2.51. The standard InChI is InChI=1S/C12H24N2/c1-4-7-8-12-9-13(5-2)11-14(6-3)10-12/h9H,4-8,10-11H2,1-3H3. The van der Waals surface area contributed by atoms with E-state index in [0.717, 1.165) is 13.2 Å². The summed E-state index contributed by atoms with van der Waals surface area (Å²) < 4.78 is 0. The lowest BCUT2D eigenvalue weighted by Crippen LogP contribution is -2.40. The van der Waals surface area contributed by atoms with E-state index in [2.05, 4.69) is 36.8 Å². The molecule has 0 unspecified atom stereocenters. The summed E-state index contributed by atoms with van der Waals surface area (Å²) in [5.74, 6) is 0. The first-order valence-electron chi connectivity index (χ1n) is 5.96. The monoisotopic (exact) mass is 196 g/mol. The Morgan fingerprint density at radius 1 is 1.21 bits per heavy atom. The summed E-state index contributed by atoms with van der Waals surface area (Å²) in [6.45, 7) is 11.3. The van der Waals surface area contributed by atoms with Crippen LogP contribution in [0.15, 0.2) is 11.8 Å². The number of likely N-dealkylation sites (N-methyl/N-ethyl adjacent to an activating group) is 1. The molecule has 82 valence electrons. The van der Waals surface area contributed by atoms with Gasteiger partial charge in [0.25, 0.3) is 0 Å². The smallest absolute Gasteiger partial charge is 0.0704 e. The summed E-state index contributed by atoms with van der Waals surface area (Å²) in [5.41, 5.74) is 1.61. The van der Waals surface area contributed by atoms with Gasteiger partial charge in [-0.25, -0.2) is 0 Å². The summed E-state index contributed by atoms with van der Waals surface area (Å²) in [7, 11) is 0. The summed E-state index contributed by atoms with van der Waals surface area (Å²) in [4.78, 5) is 4.92. The molecular weight excluding hydrogens is 172 g/mol. The highest BCUT2D eigenvalue weighted by Crippen LogP contribution is 2.15. The minimum absolute atomic E-state index is 1.11. The average Bonchev–Trinajstić information content (AvgIpc) is 2.25. The molecule has 0 fully saturated rings. The van der Waals surface area contributed by atoms with Crippen LogP contribution < -0.4 is 0 Å². The topological polar surface area (TPSA) is 6.48 Å². The van der Waals surface area contributed by atoms with Crippen LogP contribution in [0.1, 0.15) is 40.0 Å². The van der Waals surface area contributed by atoms with Gasteiger partial charge in [-0.2, -0.15) is 0 Å². The van der Waals surface area contributed by atoms with Gasteiger partial charge in [-0.15, -0.1) is 0 Å². The molecule has 0 amide bonds. The van der Waals surface area contributed by atoms with E-state index < -0.39 is 0 Å². The number of hydrogen-bond acceptors (Lipinski definition) is 2. The first kappa shape index (κ1) is 11.6. The lowest BCUT2D eigenvalue weighted by Gasteiger charge is -2.34. The first-order valence-corrected chi connectivity index (χ1v) is 5.96. The maximum Gasteiger partial charge on any atom is 0.0704 e. The third-order valence-electron chi connectivity index (χ3n) is 2.88. The number of unbranched alkanes of at least 4 members (excludes halogenated alkanes) is 1. The molecule has 1 rings (SSSR count). The summed E-state index contributed by atoms with van der Waals surface area (Å²) in [6, 6.07) is 0. The Morgan fingerprint density at radius 2 is 2.00 bits per heavy atom. The molecule has 0 atom stereocenters. The van der Waals surface area contributed by atoms with Crippen molar-refractivity contribution in [3.8, 4) is 0 Å². The highest BCUT2D eigenvalue weighted by molar-refractivity contribution is 5.07. The van der Waals surface area contributed by atoms with Crippen molar-refractivity contribution in [2.75, 3.05) is 26.3 Å². The highest BCUT2D eigenvalue weighted by atomic mass is 15.3. The van der Waals surface area contributed by atoms with E-state index >= 15 is 0 Å². The molecule has 1 heterocycles. The van der Waals surface area contributed by atoms with Crippen LogP contribution in [0.5, 0.6) is 0 Å². The molecule has 2 heteroatoms. The van der Waals surface area contributed by atoms with Gasteiger partial charge in [0, 0.05) is 19.3 Å². The third kappa shape index (κ3) is 3.33. The molecule has 0 spiro atoms. The Hall–Kier alpha value is -0.500. The second-order valence-electron chi connectivity index (χ2n) is 4.08. The van der Waals surface area contributed by atoms with Crippen LogP contribution in [0.25, 0.3) is 0 Å². The number of rotatable bonds is 5. The molecule has 2 nitrogen and oxygen atoms in total. The molecule has 0 radical (unpaired) electrons. The predicted molar refractivity (Wildman–Crippen MR) is 62.1 cm³/mol. The molecule has 14 heavy (non-hydrogen) atoms. The quantitative estimate of drug-likeness (QED) is 0.667. The summed E-state index contributed by atoms with van der Waals surface area (Å²) in [6.07, 6.45) is 6.29. The van der Waals surface area contributed by atoms with E-state index in [-0.39, 0.29) is 0 Å². The molecule has 0 aliphatic carbocycles. The van der Waals surface area contributed by atoms with E-state index in [1.807, 2.05) is 0 Å². The first-order chi connectivity index (χ1) is 6.80. The van der Waals surface area contributed by atoms with Gasteiger partial charge in [0.05, 0.1) is 6.67 Å². The third-order valence-corrected chi connectivity index (χ3v) is 2.88. The summed E-state index contributed by atoms with van der Waals surface area (Å²) >= 11 is 0. The van der Waals surface area contributed by atoms with Gasteiger partial charge in [0.1, 0.15) is 0 Å². The Labute approximate surface area is 88.6 Å². The lowest BCUT2D eigenvalue weighted by molar-refractivity contribution is 0.172. The Bertz CT molecular complexity index is 187. The molecule has 0 N–H and O–H groups in total. The van der Waals surface area contributed by atoms with Gasteiger partial charge < -0.3 is 4.90 Å². The second kappa shape index (κ2) is 6.07. The van der Waals surface area contributed by atoms with Gasteiger partial charge in [-0.05, 0) is 31.9 Å². The molecule has 0 aromatic carbocycles. The Balaban J connectivity index is 2.49. The van der Waals surface area contributed by atoms with E-state index in [4.69, 9.17) is 0 Å². The normalized spacial score (nSPS) is 18.5. The van der Waals surface area contributed by atoms with Crippen molar-refractivity contribution in [2.24, 2.45) is 0 Å².